The number of rotatable bonds is 3. The van der Waals surface area contributed by atoms with E-state index in [1.165, 1.54) is 16.2 Å². The van der Waals surface area contributed by atoms with Gasteiger partial charge in [0.15, 0.2) is 0 Å². The lowest BCUT2D eigenvalue weighted by Gasteiger charge is -2.42. The van der Waals surface area contributed by atoms with E-state index in [2.05, 4.69) is 5.32 Å². The van der Waals surface area contributed by atoms with Crippen molar-refractivity contribution in [2.24, 2.45) is 5.41 Å². The monoisotopic (exact) mass is 415 g/mol. The maximum absolute atomic E-state index is 13.1. The molecule has 0 aliphatic carbocycles. The van der Waals surface area contributed by atoms with E-state index in [9.17, 15) is 14.7 Å². The summed E-state index contributed by atoms with van der Waals surface area (Å²) >= 11 is 1.39. The molecule has 0 saturated carbocycles. The van der Waals surface area contributed by atoms with Crippen LogP contribution in [0.1, 0.15) is 50.4 Å². The first-order valence-electron chi connectivity index (χ1n) is 9.93. The van der Waals surface area contributed by atoms with Crippen LogP contribution in [0.25, 0.3) is 10.4 Å². The number of hydrogen-bond acceptors (Lipinski definition) is 4. The van der Waals surface area contributed by atoms with Gasteiger partial charge in [-0.1, -0.05) is 51.1 Å². The van der Waals surface area contributed by atoms with Crippen molar-refractivity contribution in [2.45, 2.75) is 52.1 Å². The Bertz CT molecular complexity index is 873. The molecule has 1 saturated heterocycles. The van der Waals surface area contributed by atoms with E-state index in [0.29, 0.717) is 17.1 Å². The number of nitrogen functional groups attached to an aromatic ring is 1. The average molecular weight is 416 g/mol. The van der Waals surface area contributed by atoms with Gasteiger partial charge in [-0.15, -0.1) is 11.3 Å². The number of nitrogens with zero attached hydrogens (tertiary/aromatic N) is 1. The first-order valence-corrected chi connectivity index (χ1v) is 10.8. The zero-order valence-corrected chi connectivity index (χ0v) is 18.0. The summed E-state index contributed by atoms with van der Waals surface area (Å²) in [5, 5.41) is 13.3. The number of carboxylic acid groups (broad SMARTS) is 1. The number of likely N-dealkylation sites (tertiary alicyclic amines) is 1. The summed E-state index contributed by atoms with van der Waals surface area (Å²) in [4.78, 5) is 27.4. The molecule has 0 bridgehead atoms. The van der Waals surface area contributed by atoms with E-state index in [1.807, 2.05) is 57.2 Å². The highest BCUT2D eigenvalue weighted by atomic mass is 32.1. The summed E-state index contributed by atoms with van der Waals surface area (Å²) in [6.07, 6.45) is 1.47. The average Bonchev–Trinajstić information content (AvgIpc) is 2.91. The number of hydrogen-bond donors (Lipinski definition) is 3. The maximum Gasteiger partial charge on any atom is 0.407 e. The van der Waals surface area contributed by atoms with E-state index in [0.717, 1.165) is 29.7 Å². The molecule has 156 valence electrons. The molecule has 0 spiro atoms. The number of thiophene rings is 1. The third-order valence-corrected chi connectivity index (χ3v) is 6.41. The zero-order valence-electron chi connectivity index (χ0n) is 17.1. The number of carbonyl (C=O) groups excluding carboxylic acids is 1. The quantitative estimate of drug-likeness (QED) is 0.678. The molecule has 2 atom stereocenters. The van der Waals surface area contributed by atoms with E-state index < -0.39 is 6.09 Å². The summed E-state index contributed by atoms with van der Waals surface area (Å²) in [7, 11) is 0. The van der Waals surface area contributed by atoms with Crippen LogP contribution in [-0.2, 0) is 0 Å². The third-order valence-electron chi connectivity index (χ3n) is 5.39. The molecule has 29 heavy (non-hydrogen) atoms. The molecule has 6 nitrogen and oxygen atoms in total. The Balaban J connectivity index is 1.86. The highest BCUT2D eigenvalue weighted by molar-refractivity contribution is 7.19. The van der Waals surface area contributed by atoms with Crippen molar-refractivity contribution in [1.82, 2.24) is 10.2 Å². The topological polar surface area (TPSA) is 95.7 Å². The molecule has 1 aromatic carbocycles. The number of benzene rings is 1. The zero-order chi connectivity index (χ0) is 21.2. The molecule has 4 N–H and O–H groups in total. The highest BCUT2D eigenvalue weighted by Gasteiger charge is 2.41. The van der Waals surface area contributed by atoms with Crippen molar-refractivity contribution in [3.8, 4) is 10.4 Å². The Kier molecular flexibility index (Phi) is 6.17. The van der Waals surface area contributed by atoms with E-state index in [1.54, 1.807) is 0 Å². The van der Waals surface area contributed by atoms with Gasteiger partial charge in [0, 0.05) is 11.4 Å². The molecule has 1 fully saturated rings. The lowest BCUT2D eigenvalue weighted by Crippen LogP contribution is -2.58. The molecule has 2 aromatic rings. The van der Waals surface area contributed by atoms with Crippen LogP contribution in [-0.4, -0.2) is 40.6 Å². The molecule has 2 amide bonds. The number of nitrogens with two attached hydrogens (primary N) is 1. The number of carbonyl (C=O) groups is 2. The minimum atomic E-state index is -0.938. The Hall–Kier alpha value is -2.54. The van der Waals surface area contributed by atoms with Crippen LogP contribution in [0.3, 0.4) is 0 Å². The van der Waals surface area contributed by atoms with Crippen molar-refractivity contribution in [1.29, 1.82) is 0 Å². The van der Waals surface area contributed by atoms with Gasteiger partial charge in [-0.2, -0.15) is 0 Å². The normalized spacial score (nSPS) is 20.2. The SMILES string of the molecule is CC(C)(C)C1[C@@H](NC(=O)c2cc(-c3ccccc3)sc2N)CCCCN1C(=O)O. The molecule has 7 heteroatoms. The number of amides is 2. The highest BCUT2D eigenvalue weighted by Crippen LogP contribution is 2.35. The largest absolute Gasteiger partial charge is 0.465 e. The fourth-order valence-electron chi connectivity index (χ4n) is 4.17. The van der Waals surface area contributed by atoms with Crippen molar-refractivity contribution >= 4 is 28.3 Å². The first-order chi connectivity index (χ1) is 13.7. The molecule has 1 aliphatic heterocycles. The molecule has 1 unspecified atom stereocenters. The van der Waals surface area contributed by atoms with Crippen LogP contribution < -0.4 is 11.1 Å². The van der Waals surface area contributed by atoms with Gasteiger partial charge in [0.25, 0.3) is 5.91 Å². The molecule has 1 aromatic heterocycles. The standard InChI is InChI=1S/C22H29N3O3S/c1-22(2,3)18-16(11-7-8-12-25(18)21(27)28)24-20(26)15-13-17(29-19(15)23)14-9-5-4-6-10-14/h4-6,9-10,13,16,18H,7-8,11-12,23H2,1-3H3,(H,24,26)(H,27,28)/t16-,18?/m0/s1. The van der Waals surface area contributed by atoms with E-state index >= 15 is 0 Å². The summed E-state index contributed by atoms with van der Waals surface area (Å²) in [6, 6.07) is 11.1. The van der Waals surface area contributed by atoms with Gasteiger partial charge in [-0.05, 0) is 36.3 Å². The summed E-state index contributed by atoms with van der Waals surface area (Å²) < 4.78 is 0. The summed E-state index contributed by atoms with van der Waals surface area (Å²) in [5.41, 5.74) is 7.32. The fraction of sp³-hybridized carbons (Fsp3) is 0.455. The second kappa shape index (κ2) is 8.45. The van der Waals surface area contributed by atoms with Gasteiger partial charge < -0.3 is 21.1 Å². The van der Waals surface area contributed by atoms with Gasteiger partial charge in [0.05, 0.1) is 22.6 Å². The Morgan fingerprint density at radius 1 is 1.21 bits per heavy atom. The molecule has 1 aliphatic rings. The van der Waals surface area contributed by atoms with Crippen molar-refractivity contribution < 1.29 is 14.7 Å². The van der Waals surface area contributed by atoms with Crippen molar-refractivity contribution in [3.05, 3.63) is 42.0 Å². The lowest BCUT2D eigenvalue weighted by atomic mass is 9.80. The van der Waals surface area contributed by atoms with Gasteiger partial charge in [-0.25, -0.2) is 4.79 Å². The maximum atomic E-state index is 13.1. The molecular weight excluding hydrogens is 386 g/mol. The van der Waals surface area contributed by atoms with Crippen LogP contribution in [0.5, 0.6) is 0 Å². The van der Waals surface area contributed by atoms with Crippen LogP contribution in [0.2, 0.25) is 0 Å². The predicted molar refractivity (Wildman–Crippen MR) is 117 cm³/mol. The van der Waals surface area contributed by atoms with Crippen LogP contribution in [0.4, 0.5) is 9.80 Å². The minimum Gasteiger partial charge on any atom is -0.465 e. The number of nitrogens with one attached hydrogen (secondary N) is 1. The number of anilines is 1. The smallest absolute Gasteiger partial charge is 0.407 e. The van der Waals surface area contributed by atoms with Crippen LogP contribution in [0, 0.1) is 5.41 Å². The second-order valence-corrected chi connectivity index (χ2v) is 9.70. The van der Waals surface area contributed by atoms with E-state index in [-0.39, 0.29) is 23.4 Å². The van der Waals surface area contributed by atoms with Crippen LogP contribution in [0.15, 0.2) is 36.4 Å². The molecule has 2 heterocycles. The van der Waals surface area contributed by atoms with Gasteiger partial charge in [0.2, 0.25) is 0 Å². The van der Waals surface area contributed by atoms with Crippen LogP contribution >= 0.6 is 11.3 Å². The summed E-state index contributed by atoms with van der Waals surface area (Å²) in [6.45, 7) is 6.54. The summed E-state index contributed by atoms with van der Waals surface area (Å²) in [5.74, 6) is -0.243. The molecular formula is C22H29N3O3S. The fourth-order valence-corrected chi connectivity index (χ4v) is 5.10. The first kappa shape index (κ1) is 21.2. The minimum absolute atomic E-state index is 0.243. The van der Waals surface area contributed by atoms with E-state index in [4.69, 9.17) is 5.73 Å². The lowest BCUT2D eigenvalue weighted by molar-refractivity contribution is 0.0618. The Morgan fingerprint density at radius 2 is 1.90 bits per heavy atom. The third kappa shape index (κ3) is 4.72. The molecule has 3 rings (SSSR count). The second-order valence-electron chi connectivity index (χ2n) is 8.62. The molecule has 0 radical (unpaired) electrons. The Morgan fingerprint density at radius 3 is 2.52 bits per heavy atom. The van der Waals surface area contributed by atoms with Gasteiger partial charge >= 0.3 is 6.09 Å². The van der Waals surface area contributed by atoms with Gasteiger partial charge in [-0.3, -0.25) is 4.79 Å². The Labute approximate surface area is 175 Å². The van der Waals surface area contributed by atoms with Crippen molar-refractivity contribution in [2.75, 3.05) is 12.3 Å². The predicted octanol–water partition coefficient (Wildman–Crippen LogP) is 4.67. The van der Waals surface area contributed by atoms with Gasteiger partial charge in [0.1, 0.15) is 0 Å². The van der Waals surface area contributed by atoms with Crippen molar-refractivity contribution in [3.63, 3.8) is 0 Å².